The second-order valence-electron chi connectivity index (χ2n) is 8.66. The lowest BCUT2D eigenvalue weighted by Crippen LogP contribution is -2.20. The topological polar surface area (TPSA) is 45.5 Å². The van der Waals surface area contributed by atoms with Gasteiger partial charge in [0.05, 0.1) is 17.2 Å². The van der Waals surface area contributed by atoms with Crippen molar-refractivity contribution in [1.82, 2.24) is 4.37 Å². The van der Waals surface area contributed by atoms with Gasteiger partial charge >= 0.3 is 0 Å². The molecule has 1 saturated carbocycles. The standard InChI is InChI=1S/C27H24N2O2S3/c1-17-11-13-19(14-12-17)31-27-23(21-10-6-16-33-21)25-24(28-34-29-25)22(20-9-5-15-32-20)26(27)30-18-7-3-2-4-8-18/h5-6,9-16,18H,2-4,7-8H2,1H3/p+1. The van der Waals surface area contributed by atoms with Gasteiger partial charge in [-0.05, 0) is 67.6 Å². The van der Waals surface area contributed by atoms with Gasteiger partial charge in [-0.1, -0.05) is 36.2 Å². The molecule has 1 aliphatic carbocycles. The number of aromatic amines is 1. The molecule has 172 valence electrons. The summed E-state index contributed by atoms with van der Waals surface area (Å²) >= 11 is 4.78. The van der Waals surface area contributed by atoms with Crippen LogP contribution in [0.5, 0.6) is 17.2 Å². The molecule has 3 aromatic heterocycles. The number of benzene rings is 2. The summed E-state index contributed by atoms with van der Waals surface area (Å²) in [5.41, 5.74) is 5.18. The number of fused-ring (bicyclic) bond motifs is 1. The Kier molecular flexibility index (Phi) is 6.07. The Morgan fingerprint density at radius 1 is 0.853 bits per heavy atom. The van der Waals surface area contributed by atoms with Crippen molar-refractivity contribution in [3.8, 4) is 38.1 Å². The number of hydrogen-bond acceptors (Lipinski definition) is 6. The van der Waals surface area contributed by atoms with Crippen molar-refractivity contribution in [2.45, 2.75) is 45.1 Å². The number of aromatic nitrogens is 2. The Labute approximate surface area is 211 Å². The molecule has 0 spiro atoms. The number of aryl methyl sites for hydroxylation is 1. The van der Waals surface area contributed by atoms with Crippen LogP contribution >= 0.6 is 34.4 Å². The SMILES string of the molecule is Cc1ccc(Oc2c(OC3CCCCC3)c(-c3cccs3)c3[nH+]snc3c2-c2cccs2)cc1. The maximum atomic E-state index is 6.90. The normalized spacial score (nSPS) is 14.5. The minimum atomic E-state index is 0.188. The molecular formula is C27H25N2O2S3+. The molecular weight excluding hydrogens is 481 g/mol. The summed E-state index contributed by atoms with van der Waals surface area (Å²) in [5, 5.41) is 4.21. The van der Waals surface area contributed by atoms with Crippen LogP contribution in [0.1, 0.15) is 37.7 Å². The van der Waals surface area contributed by atoms with E-state index in [9.17, 15) is 0 Å². The van der Waals surface area contributed by atoms with E-state index in [1.807, 2.05) is 12.1 Å². The van der Waals surface area contributed by atoms with Crippen LogP contribution in [0, 0.1) is 6.92 Å². The van der Waals surface area contributed by atoms with Gasteiger partial charge in [-0.3, -0.25) is 0 Å². The summed E-state index contributed by atoms with van der Waals surface area (Å²) in [7, 11) is 0. The Balaban J connectivity index is 1.63. The van der Waals surface area contributed by atoms with E-state index in [0.717, 1.165) is 62.0 Å². The van der Waals surface area contributed by atoms with Crippen molar-refractivity contribution in [2.24, 2.45) is 0 Å². The number of thiophene rings is 2. The van der Waals surface area contributed by atoms with Crippen molar-refractivity contribution in [2.75, 3.05) is 0 Å². The summed E-state index contributed by atoms with van der Waals surface area (Å²) in [4.78, 5) is 2.27. The fourth-order valence-electron chi connectivity index (χ4n) is 4.59. The van der Waals surface area contributed by atoms with E-state index in [2.05, 4.69) is 58.5 Å². The lowest BCUT2D eigenvalue weighted by atomic mass is 9.97. The Hall–Kier alpha value is -2.74. The Morgan fingerprint density at radius 2 is 1.56 bits per heavy atom. The number of nitrogens with one attached hydrogen (secondary N) is 1. The smallest absolute Gasteiger partial charge is 0.275 e. The quantitative estimate of drug-likeness (QED) is 0.233. The van der Waals surface area contributed by atoms with E-state index >= 15 is 0 Å². The van der Waals surface area contributed by atoms with Crippen LogP contribution in [0.25, 0.3) is 31.9 Å². The zero-order chi connectivity index (χ0) is 22.9. The van der Waals surface area contributed by atoms with Crippen molar-refractivity contribution in [1.29, 1.82) is 0 Å². The van der Waals surface area contributed by atoms with Gasteiger partial charge in [0.15, 0.2) is 11.5 Å². The van der Waals surface area contributed by atoms with Crippen molar-refractivity contribution in [3.63, 3.8) is 0 Å². The second-order valence-corrected chi connectivity index (χ2v) is 11.1. The minimum Gasteiger partial charge on any atom is -0.486 e. The fourth-order valence-corrected chi connectivity index (χ4v) is 6.74. The molecule has 6 rings (SSSR count). The lowest BCUT2D eigenvalue weighted by molar-refractivity contribution is -0.254. The number of H-pyrrole nitrogens is 1. The molecule has 2 aromatic carbocycles. The molecule has 0 amide bonds. The maximum Gasteiger partial charge on any atom is 0.275 e. The molecule has 34 heavy (non-hydrogen) atoms. The molecule has 0 atom stereocenters. The average Bonchev–Trinajstić information content (AvgIpc) is 3.65. The molecule has 1 aliphatic rings. The summed E-state index contributed by atoms with van der Waals surface area (Å²) in [6.07, 6.45) is 6.04. The predicted octanol–water partition coefficient (Wildman–Crippen LogP) is 8.38. The molecule has 7 heteroatoms. The van der Waals surface area contributed by atoms with E-state index in [1.54, 1.807) is 22.7 Å². The molecule has 0 unspecified atom stereocenters. The Morgan fingerprint density at radius 3 is 2.24 bits per heavy atom. The highest BCUT2D eigenvalue weighted by Gasteiger charge is 2.33. The van der Waals surface area contributed by atoms with Gasteiger partial charge in [-0.25, -0.2) is 0 Å². The van der Waals surface area contributed by atoms with Gasteiger partial charge < -0.3 is 9.47 Å². The number of rotatable bonds is 6. The van der Waals surface area contributed by atoms with E-state index in [-0.39, 0.29) is 6.10 Å². The van der Waals surface area contributed by atoms with E-state index < -0.39 is 0 Å². The molecule has 0 saturated heterocycles. The molecule has 1 N–H and O–H groups in total. The largest absolute Gasteiger partial charge is 0.486 e. The predicted molar refractivity (Wildman–Crippen MR) is 142 cm³/mol. The van der Waals surface area contributed by atoms with Gasteiger partial charge in [-0.2, -0.15) is 4.37 Å². The first-order valence-electron chi connectivity index (χ1n) is 11.6. The molecule has 4 nitrogen and oxygen atoms in total. The van der Waals surface area contributed by atoms with Gasteiger partial charge in [-0.15, -0.1) is 22.7 Å². The Bertz CT molecular complexity index is 1380. The zero-order valence-electron chi connectivity index (χ0n) is 18.9. The van der Waals surface area contributed by atoms with Crippen LogP contribution in [0.2, 0.25) is 0 Å². The lowest BCUT2D eigenvalue weighted by Gasteiger charge is -2.26. The number of nitrogens with zero attached hydrogens (tertiary/aromatic N) is 1. The van der Waals surface area contributed by atoms with Crippen molar-refractivity contribution >= 4 is 45.4 Å². The van der Waals surface area contributed by atoms with Crippen LogP contribution in [-0.4, -0.2) is 10.5 Å². The van der Waals surface area contributed by atoms with E-state index in [1.165, 1.54) is 36.6 Å². The van der Waals surface area contributed by atoms with Crippen molar-refractivity contribution < 1.29 is 13.8 Å². The third-order valence-electron chi connectivity index (χ3n) is 6.28. The first-order valence-corrected chi connectivity index (χ1v) is 14.2. The van der Waals surface area contributed by atoms with Gasteiger partial charge in [0.1, 0.15) is 5.75 Å². The molecule has 5 aromatic rings. The fraction of sp³-hybridized carbons (Fsp3) is 0.259. The highest BCUT2D eigenvalue weighted by atomic mass is 32.1. The summed E-state index contributed by atoms with van der Waals surface area (Å²) in [6, 6.07) is 16.7. The third kappa shape index (κ3) is 4.13. The molecule has 0 bridgehead atoms. The van der Waals surface area contributed by atoms with Gasteiger partial charge in [0.25, 0.3) is 17.2 Å². The molecule has 0 aliphatic heterocycles. The minimum absolute atomic E-state index is 0.188. The monoisotopic (exact) mass is 505 g/mol. The maximum absolute atomic E-state index is 6.90. The van der Waals surface area contributed by atoms with Crippen LogP contribution in [0.4, 0.5) is 0 Å². The first-order chi connectivity index (χ1) is 16.8. The van der Waals surface area contributed by atoms with Crippen LogP contribution in [0.3, 0.4) is 0 Å². The van der Waals surface area contributed by atoms with Gasteiger partial charge in [0.2, 0.25) is 5.52 Å². The number of hydrogen-bond donors (Lipinski definition) is 0. The molecule has 3 heterocycles. The van der Waals surface area contributed by atoms with Gasteiger partial charge in [0, 0.05) is 14.1 Å². The molecule has 1 fully saturated rings. The van der Waals surface area contributed by atoms with Crippen molar-refractivity contribution in [3.05, 3.63) is 64.9 Å². The van der Waals surface area contributed by atoms with E-state index in [4.69, 9.17) is 13.8 Å². The zero-order valence-corrected chi connectivity index (χ0v) is 21.3. The number of ether oxygens (including phenoxy) is 2. The first kappa shape index (κ1) is 21.8. The van der Waals surface area contributed by atoms with Crippen LogP contribution in [-0.2, 0) is 0 Å². The molecule has 0 radical (unpaired) electrons. The highest BCUT2D eigenvalue weighted by Crippen LogP contribution is 2.53. The summed E-state index contributed by atoms with van der Waals surface area (Å²) in [6.45, 7) is 2.09. The summed E-state index contributed by atoms with van der Waals surface area (Å²) < 4.78 is 21.9. The summed E-state index contributed by atoms with van der Waals surface area (Å²) in [5.74, 6) is 2.38. The van der Waals surface area contributed by atoms with E-state index in [0.29, 0.717) is 0 Å². The average molecular weight is 506 g/mol. The third-order valence-corrected chi connectivity index (χ3v) is 8.63. The van der Waals surface area contributed by atoms with Crippen LogP contribution < -0.4 is 13.8 Å². The van der Waals surface area contributed by atoms with Crippen LogP contribution in [0.15, 0.2) is 59.3 Å². The highest BCUT2D eigenvalue weighted by molar-refractivity contribution is 7.14. The second kappa shape index (κ2) is 9.49.